The molecule has 24 heavy (non-hydrogen) atoms. The van der Waals surface area contributed by atoms with Crippen molar-refractivity contribution < 1.29 is 18.0 Å². The average Bonchev–Trinajstić information content (AvgIpc) is 3.00. The fourth-order valence-electron chi connectivity index (χ4n) is 2.15. The van der Waals surface area contributed by atoms with Crippen LogP contribution >= 0.6 is 0 Å². The maximum atomic E-state index is 12.4. The largest absolute Gasteiger partial charge is 0.433 e. The molecule has 0 bridgehead atoms. The summed E-state index contributed by atoms with van der Waals surface area (Å²) in [5.74, 6) is -0.388. The molecule has 0 aliphatic rings. The van der Waals surface area contributed by atoms with Crippen LogP contribution in [-0.4, -0.2) is 15.9 Å². The summed E-state index contributed by atoms with van der Waals surface area (Å²) in [7, 11) is 0. The molecule has 0 unspecified atom stereocenters. The monoisotopic (exact) mass is 331 g/mol. The van der Waals surface area contributed by atoms with Crippen molar-refractivity contribution >= 4 is 28.6 Å². The summed E-state index contributed by atoms with van der Waals surface area (Å²) >= 11 is 0. The number of nitrogens with one attached hydrogen (secondary N) is 2. The molecular weight excluding hydrogens is 319 g/mol. The SMILES string of the molecule is O=C(/C=C/c1ccc(C(F)(F)F)nc1)Nc1ccc2cc[nH]c2c1. The fraction of sp³-hybridized carbons (Fsp3) is 0.0588. The van der Waals surface area contributed by atoms with E-state index in [2.05, 4.69) is 15.3 Å². The topological polar surface area (TPSA) is 57.8 Å². The molecule has 1 amide bonds. The van der Waals surface area contributed by atoms with E-state index in [1.165, 1.54) is 18.2 Å². The van der Waals surface area contributed by atoms with Crippen molar-refractivity contribution in [3.63, 3.8) is 0 Å². The quantitative estimate of drug-likeness (QED) is 0.706. The van der Waals surface area contributed by atoms with Gasteiger partial charge in [0.25, 0.3) is 0 Å². The Morgan fingerprint density at radius 3 is 2.71 bits per heavy atom. The number of anilines is 1. The van der Waals surface area contributed by atoms with Crippen molar-refractivity contribution in [1.82, 2.24) is 9.97 Å². The number of pyridine rings is 1. The predicted octanol–water partition coefficient (Wildman–Crippen LogP) is 4.23. The highest BCUT2D eigenvalue weighted by molar-refractivity contribution is 6.02. The van der Waals surface area contributed by atoms with E-state index < -0.39 is 11.9 Å². The minimum absolute atomic E-state index is 0.388. The summed E-state index contributed by atoms with van der Waals surface area (Å²) in [6.07, 6.45) is 1.03. The number of aromatic amines is 1. The highest BCUT2D eigenvalue weighted by atomic mass is 19.4. The van der Waals surface area contributed by atoms with Gasteiger partial charge >= 0.3 is 6.18 Å². The molecule has 122 valence electrons. The van der Waals surface area contributed by atoms with Crippen LogP contribution in [0.15, 0.2) is 54.9 Å². The first kappa shape index (κ1) is 15.8. The van der Waals surface area contributed by atoms with Crippen molar-refractivity contribution in [2.24, 2.45) is 0 Å². The zero-order chi connectivity index (χ0) is 17.2. The van der Waals surface area contributed by atoms with Crippen LogP contribution in [0.4, 0.5) is 18.9 Å². The van der Waals surface area contributed by atoms with Gasteiger partial charge in [0.2, 0.25) is 5.91 Å². The Morgan fingerprint density at radius 2 is 2.00 bits per heavy atom. The molecule has 0 saturated carbocycles. The summed E-state index contributed by atoms with van der Waals surface area (Å²) in [4.78, 5) is 18.2. The molecule has 0 aliphatic heterocycles. The molecule has 3 aromatic rings. The lowest BCUT2D eigenvalue weighted by Crippen LogP contribution is -2.08. The third-order valence-corrected chi connectivity index (χ3v) is 3.33. The normalized spacial score (nSPS) is 12.0. The van der Waals surface area contributed by atoms with Crippen molar-refractivity contribution in [3.05, 3.63) is 66.1 Å². The first-order chi connectivity index (χ1) is 11.4. The second-order valence-corrected chi connectivity index (χ2v) is 5.08. The van der Waals surface area contributed by atoms with Gasteiger partial charge in [-0.15, -0.1) is 0 Å². The third-order valence-electron chi connectivity index (χ3n) is 3.33. The number of carbonyl (C=O) groups excluding carboxylic acids is 1. The van der Waals surface area contributed by atoms with Crippen LogP contribution < -0.4 is 5.32 Å². The Labute approximate surface area is 135 Å². The molecule has 1 aromatic carbocycles. The molecule has 0 aliphatic carbocycles. The first-order valence-electron chi connectivity index (χ1n) is 7.01. The maximum absolute atomic E-state index is 12.4. The molecule has 0 saturated heterocycles. The molecule has 0 spiro atoms. The second kappa shape index (κ2) is 6.19. The van der Waals surface area contributed by atoms with Crippen molar-refractivity contribution in [2.75, 3.05) is 5.32 Å². The first-order valence-corrected chi connectivity index (χ1v) is 7.01. The number of fused-ring (bicyclic) bond motifs is 1. The van der Waals surface area contributed by atoms with Crippen LogP contribution in [0.3, 0.4) is 0 Å². The fourth-order valence-corrected chi connectivity index (χ4v) is 2.15. The van der Waals surface area contributed by atoms with E-state index in [1.54, 1.807) is 18.3 Å². The van der Waals surface area contributed by atoms with Crippen molar-refractivity contribution in [3.8, 4) is 0 Å². The van der Waals surface area contributed by atoms with Gasteiger partial charge in [-0.25, -0.2) is 0 Å². The van der Waals surface area contributed by atoms with Gasteiger partial charge in [-0.05, 0) is 41.3 Å². The molecule has 0 radical (unpaired) electrons. The number of amides is 1. The van der Waals surface area contributed by atoms with Crippen LogP contribution in [0.5, 0.6) is 0 Å². The third kappa shape index (κ3) is 3.62. The number of carbonyl (C=O) groups is 1. The molecule has 0 fully saturated rings. The van der Waals surface area contributed by atoms with Crippen LogP contribution in [0.25, 0.3) is 17.0 Å². The molecule has 2 heterocycles. The molecular formula is C17H12F3N3O. The summed E-state index contributed by atoms with van der Waals surface area (Å²) in [6.45, 7) is 0. The number of halogens is 3. The van der Waals surface area contributed by atoms with Gasteiger partial charge in [0.15, 0.2) is 0 Å². The number of rotatable bonds is 3. The molecule has 0 atom stereocenters. The maximum Gasteiger partial charge on any atom is 0.433 e. The summed E-state index contributed by atoms with van der Waals surface area (Å²) in [6, 6.07) is 9.47. The van der Waals surface area contributed by atoms with Gasteiger partial charge in [0.05, 0.1) is 0 Å². The van der Waals surface area contributed by atoms with Gasteiger partial charge < -0.3 is 10.3 Å². The number of hydrogen-bond acceptors (Lipinski definition) is 2. The van der Waals surface area contributed by atoms with E-state index in [1.807, 2.05) is 12.1 Å². The number of H-pyrrole nitrogens is 1. The predicted molar refractivity (Wildman–Crippen MR) is 85.2 cm³/mol. The van der Waals surface area contributed by atoms with E-state index >= 15 is 0 Å². The molecule has 7 heteroatoms. The number of benzene rings is 1. The van der Waals surface area contributed by atoms with E-state index in [0.29, 0.717) is 11.3 Å². The van der Waals surface area contributed by atoms with Gasteiger partial charge in [-0.1, -0.05) is 12.1 Å². The van der Waals surface area contributed by atoms with Gasteiger partial charge in [-0.2, -0.15) is 13.2 Å². The van der Waals surface area contributed by atoms with Crippen molar-refractivity contribution in [2.45, 2.75) is 6.18 Å². The lowest BCUT2D eigenvalue weighted by atomic mass is 10.2. The van der Waals surface area contributed by atoms with Crippen LogP contribution in [0, 0.1) is 0 Å². The van der Waals surface area contributed by atoms with Crippen LogP contribution in [0.1, 0.15) is 11.3 Å². The Balaban J connectivity index is 1.66. The lowest BCUT2D eigenvalue weighted by Gasteiger charge is -2.05. The average molecular weight is 331 g/mol. The molecule has 4 nitrogen and oxygen atoms in total. The standard InChI is InChI=1S/C17H12F3N3O/c18-17(19,20)15-5-1-11(10-22-15)2-6-16(24)23-13-4-3-12-7-8-21-14(12)9-13/h1-10,21H,(H,23,24)/b6-2+. The van der Waals surface area contributed by atoms with E-state index in [-0.39, 0.29) is 5.91 Å². The van der Waals surface area contributed by atoms with Gasteiger partial charge in [-0.3, -0.25) is 9.78 Å². The Hall–Kier alpha value is -3.09. The van der Waals surface area contributed by atoms with Crippen molar-refractivity contribution in [1.29, 1.82) is 0 Å². The highest BCUT2D eigenvalue weighted by Gasteiger charge is 2.31. The minimum atomic E-state index is -4.48. The van der Waals surface area contributed by atoms with E-state index in [0.717, 1.165) is 23.2 Å². The van der Waals surface area contributed by atoms with Crippen LogP contribution in [0.2, 0.25) is 0 Å². The molecule has 3 rings (SSSR count). The summed E-state index contributed by atoms with van der Waals surface area (Å²) < 4.78 is 37.2. The smallest absolute Gasteiger partial charge is 0.361 e. The van der Waals surface area contributed by atoms with Gasteiger partial charge in [0.1, 0.15) is 5.69 Å². The molecule has 2 N–H and O–H groups in total. The number of hydrogen-bond donors (Lipinski definition) is 2. The van der Waals surface area contributed by atoms with E-state index in [4.69, 9.17) is 0 Å². The number of nitrogens with zero attached hydrogens (tertiary/aromatic N) is 1. The Bertz CT molecular complexity index is 895. The minimum Gasteiger partial charge on any atom is -0.361 e. The Kier molecular flexibility index (Phi) is 4.07. The second-order valence-electron chi connectivity index (χ2n) is 5.08. The Morgan fingerprint density at radius 1 is 1.17 bits per heavy atom. The van der Waals surface area contributed by atoms with Crippen LogP contribution in [-0.2, 0) is 11.0 Å². The lowest BCUT2D eigenvalue weighted by molar-refractivity contribution is -0.141. The summed E-state index contributed by atoms with van der Waals surface area (Å²) in [5.41, 5.74) is 0.940. The zero-order valence-corrected chi connectivity index (χ0v) is 12.3. The summed E-state index contributed by atoms with van der Waals surface area (Å²) in [5, 5.41) is 3.71. The van der Waals surface area contributed by atoms with Gasteiger partial charge in [0, 0.05) is 29.7 Å². The molecule has 2 aromatic heterocycles. The number of alkyl halides is 3. The zero-order valence-electron chi connectivity index (χ0n) is 12.3. The van der Waals surface area contributed by atoms with E-state index in [9.17, 15) is 18.0 Å². The number of aromatic nitrogens is 2. The highest BCUT2D eigenvalue weighted by Crippen LogP contribution is 2.27.